The summed E-state index contributed by atoms with van der Waals surface area (Å²) >= 11 is 1.48. The number of ether oxygens (including phenoxy) is 2. The van der Waals surface area contributed by atoms with Crippen LogP contribution in [0.4, 0.5) is 0 Å². The predicted octanol–water partition coefficient (Wildman–Crippen LogP) is 2.05. The highest BCUT2D eigenvalue weighted by atomic mass is 32.1. The molecule has 0 amide bonds. The molecule has 2 aromatic heterocycles. The first-order valence-electron chi connectivity index (χ1n) is 6.77. The van der Waals surface area contributed by atoms with Gasteiger partial charge in [0, 0.05) is 12.1 Å². The molecular weight excluding hydrogens is 306 g/mol. The van der Waals surface area contributed by atoms with E-state index in [2.05, 4.69) is 4.98 Å². The van der Waals surface area contributed by atoms with Gasteiger partial charge in [-0.2, -0.15) is 11.3 Å². The first-order chi connectivity index (χ1) is 10.6. The third-order valence-corrected chi connectivity index (χ3v) is 4.16. The molecule has 0 spiro atoms. The molecule has 0 saturated heterocycles. The fraction of sp³-hybridized carbons (Fsp3) is 0.267. The van der Waals surface area contributed by atoms with Crippen LogP contribution in [0.3, 0.4) is 0 Å². The third-order valence-electron chi connectivity index (χ3n) is 3.46. The number of thiophene rings is 1. The number of esters is 2. The Morgan fingerprint density at radius 3 is 3.00 bits per heavy atom. The van der Waals surface area contributed by atoms with Crippen molar-refractivity contribution in [1.29, 1.82) is 0 Å². The van der Waals surface area contributed by atoms with Gasteiger partial charge in [-0.1, -0.05) is 0 Å². The molecule has 0 radical (unpaired) electrons. The molecule has 0 bridgehead atoms. The van der Waals surface area contributed by atoms with Gasteiger partial charge in [0.1, 0.15) is 5.56 Å². The number of H-pyrrole nitrogens is 1. The maximum absolute atomic E-state index is 12.2. The number of carbonyl (C=O) groups is 2. The number of fused-ring (bicyclic) bond motifs is 1. The van der Waals surface area contributed by atoms with E-state index in [0.29, 0.717) is 5.56 Å². The summed E-state index contributed by atoms with van der Waals surface area (Å²) in [5.41, 5.74) is 0.842. The lowest BCUT2D eigenvalue weighted by molar-refractivity contribution is -0.135. The average molecular weight is 319 g/mol. The minimum Gasteiger partial charge on any atom is -0.462 e. The average Bonchev–Trinajstić information content (AvgIpc) is 3.00. The van der Waals surface area contributed by atoms with E-state index in [1.165, 1.54) is 17.5 Å². The highest BCUT2D eigenvalue weighted by molar-refractivity contribution is 7.08. The van der Waals surface area contributed by atoms with Crippen molar-refractivity contribution in [3.8, 4) is 5.75 Å². The lowest BCUT2D eigenvalue weighted by Crippen LogP contribution is -2.29. The second-order valence-corrected chi connectivity index (χ2v) is 5.56. The Morgan fingerprint density at radius 2 is 2.32 bits per heavy atom. The molecule has 2 aromatic rings. The van der Waals surface area contributed by atoms with Crippen LogP contribution in [0.25, 0.3) is 0 Å². The molecule has 1 aliphatic heterocycles. The summed E-state index contributed by atoms with van der Waals surface area (Å²) < 4.78 is 10.1. The Kier molecular flexibility index (Phi) is 3.81. The topological polar surface area (TPSA) is 85.5 Å². The van der Waals surface area contributed by atoms with Gasteiger partial charge in [0.25, 0.3) is 5.56 Å². The van der Waals surface area contributed by atoms with Gasteiger partial charge in [0.05, 0.1) is 18.6 Å². The maximum Gasteiger partial charge on any atom is 0.343 e. The Morgan fingerprint density at radius 1 is 1.50 bits per heavy atom. The quantitative estimate of drug-likeness (QED) is 0.875. The van der Waals surface area contributed by atoms with Crippen molar-refractivity contribution in [2.24, 2.45) is 0 Å². The van der Waals surface area contributed by atoms with Crippen LogP contribution in [0.15, 0.2) is 27.8 Å². The number of hydrogen-bond donors (Lipinski definition) is 1. The lowest BCUT2D eigenvalue weighted by atomic mass is 9.88. The molecule has 0 saturated carbocycles. The Bertz CT molecular complexity index is 778. The van der Waals surface area contributed by atoms with E-state index in [4.69, 9.17) is 9.47 Å². The fourth-order valence-corrected chi connectivity index (χ4v) is 3.21. The van der Waals surface area contributed by atoms with E-state index in [9.17, 15) is 14.4 Å². The smallest absolute Gasteiger partial charge is 0.343 e. The van der Waals surface area contributed by atoms with E-state index < -0.39 is 17.9 Å². The molecule has 22 heavy (non-hydrogen) atoms. The summed E-state index contributed by atoms with van der Waals surface area (Å²) in [6.45, 7) is 1.87. The second kappa shape index (κ2) is 5.76. The van der Waals surface area contributed by atoms with E-state index in [1.807, 2.05) is 16.8 Å². The second-order valence-electron chi connectivity index (χ2n) is 4.78. The molecule has 1 N–H and O–H groups in total. The molecule has 1 atom stereocenters. The van der Waals surface area contributed by atoms with Crippen molar-refractivity contribution in [2.75, 3.05) is 6.61 Å². The van der Waals surface area contributed by atoms with Gasteiger partial charge in [0.2, 0.25) is 0 Å². The molecule has 0 aromatic carbocycles. The summed E-state index contributed by atoms with van der Waals surface area (Å²) in [6, 6.07) is 1.86. The monoisotopic (exact) mass is 319 g/mol. The molecule has 0 aliphatic carbocycles. The number of aromatic amines is 1. The zero-order chi connectivity index (χ0) is 15.7. The van der Waals surface area contributed by atoms with Crippen LogP contribution in [-0.4, -0.2) is 23.5 Å². The number of carbonyl (C=O) groups excluding carboxylic acids is 2. The molecule has 114 valence electrons. The SMILES string of the molecule is CCOC(=O)c1c[nH]c(=O)c2c1OC(=O)CC2c1ccsc1. The Hall–Kier alpha value is -2.41. The molecule has 6 nitrogen and oxygen atoms in total. The van der Waals surface area contributed by atoms with Crippen LogP contribution in [0.1, 0.15) is 40.7 Å². The molecule has 0 fully saturated rings. The van der Waals surface area contributed by atoms with Crippen LogP contribution in [0, 0.1) is 0 Å². The molecule has 3 rings (SSSR count). The highest BCUT2D eigenvalue weighted by Gasteiger charge is 2.34. The van der Waals surface area contributed by atoms with Gasteiger partial charge >= 0.3 is 11.9 Å². The van der Waals surface area contributed by atoms with Gasteiger partial charge in [-0.05, 0) is 29.3 Å². The van der Waals surface area contributed by atoms with Crippen molar-refractivity contribution < 1.29 is 19.1 Å². The minimum absolute atomic E-state index is 0.00894. The molecule has 1 unspecified atom stereocenters. The number of nitrogens with one attached hydrogen (secondary N) is 1. The van der Waals surface area contributed by atoms with Crippen LogP contribution in [0.2, 0.25) is 0 Å². The van der Waals surface area contributed by atoms with Crippen molar-refractivity contribution in [3.05, 3.63) is 50.1 Å². The fourth-order valence-electron chi connectivity index (χ4n) is 2.50. The van der Waals surface area contributed by atoms with Gasteiger partial charge in [-0.15, -0.1) is 0 Å². The van der Waals surface area contributed by atoms with Gasteiger partial charge in [0.15, 0.2) is 5.75 Å². The molecular formula is C15H13NO5S. The minimum atomic E-state index is -0.631. The van der Waals surface area contributed by atoms with Gasteiger partial charge < -0.3 is 14.5 Å². The Balaban J connectivity index is 2.18. The normalized spacial score (nSPS) is 16.8. The number of rotatable bonds is 3. The molecule has 3 heterocycles. The van der Waals surface area contributed by atoms with E-state index >= 15 is 0 Å². The molecule has 7 heteroatoms. The van der Waals surface area contributed by atoms with Crippen molar-refractivity contribution in [3.63, 3.8) is 0 Å². The zero-order valence-electron chi connectivity index (χ0n) is 11.8. The summed E-state index contributed by atoms with van der Waals surface area (Å²) in [5.74, 6) is -1.51. The number of hydrogen-bond acceptors (Lipinski definition) is 6. The summed E-state index contributed by atoms with van der Waals surface area (Å²) in [6.07, 6.45) is 1.29. The first kappa shape index (κ1) is 14.5. The maximum atomic E-state index is 12.2. The Labute approximate surface area is 129 Å². The zero-order valence-corrected chi connectivity index (χ0v) is 12.6. The number of pyridine rings is 1. The van der Waals surface area contributed by atoms with Crippen LogP contribution < -0.4 is 10.3 Å². The van der Waals surface area contributed by atoms with Crippen LogP contribution in [-0.2, 0) is 9.53 Å². The van der Waals surface area contributed by atoms with Crippen molar-refractivity contribution >= 4 is 23.3 Å². The van der Waals surface area contributed by atoms with Crippen molar-refractivity contribution in [1.82, 2.24) is 4.98 Å². The predicted molar refractivity (Wildman–Crippen MR) is 79.4 cm³/mol. The standard InChI is InChI=1S/C15H13NO5S/c1-2-20-15(19)10-6-16-14(18)12-9(8-3-4-22-7-8)5-11(17)21-13(10)12/h3-4,6-7,9H,2,5H2,1H3,(H,16,18). The third kappa shape index (κ3) is 2.43. The lowest BCUT2D eigenvalue weighted by Gasteiger charge is -2.24. The van der Waals surface area contributed by atoms with Gasteiger partial charge in [-0.3, -0.25) is 9.59 Å². The summed E-state index contributed by atoms with van der Waals surface area (Å²) in [5, 5.41) is 3.75. The highest BCUT2D eigenvalue weighted by Crippen LogP contribution is 2.38. The van der Waals surface area contributed by atoms with Crippen LogP contribution in [0.5, 0.6) is 5.75 Å². The van der Waals surface area contributed by atoms with Crippen molar-refractivity contribution in [2.45, 2.75) is 19.3 Å². The van der Waals surface area contributed by atoms with Gasteiger partial charge in [-0.25, -0.2) is 4.79 Å². The summed E-state index contributed by atoms with van der Waals surface area (Å²) in [4.78, 5) is 38.6. The van der Waals surface area contributed by atoms with Crippen LogP contribution >= 0.6 is 11.3 Å². The first-order valence-corrected chi connectivity index (χ1v) is 7.71. The van der Waals surface area contributed by atoms with E-state index in [0.717, 1.165) is 5.56 Å². The largest absolute Gasteiger partial charge is 0.462 e. The van der Waals surface area contributed by atoms with E-state index in [1.54, 1.807) is 6.92 Å². The molecule has 1 aliphatic rings. The number of aromatic nitrogens is 1. The summed E-state index contributed by atoms with van der Waals surface area (Å²) in [7, 11) is 0. The van der Waals surface area contributed by atoms with E-state index in [-0.39, 0.29) is 29.9 Å².